The zero-order chi connectivity index (χ0) is 5.91. The minimum atomic E-state index is -1.20. The summed E-state index contributed by atoms with van der Waals surface area (Å²) in [5.41, 5.74) is 0. The Hall–Kier alpha value is -0.183. The summed E-state index contributed by atoms with van der Waals surface area (Å²) in [5, 5.41) is 3.69. The van der Waals surface area contributed by atoms with Crippen molar-refractivity contribution in [2.45, 2.75) is 19.6 Å². The van der Waals surface area contributed by atoms with Gasteiger partial charge in [-0.1, -0.05) is 0 Å². The van der Waals surface area contributed by atoms with Gasteiger partial charge in [0, 0.05) is 7.05 Å². The van der Waals surface area contributed by atoms with Crippen molar-refractivity contribution in [1.29, 1.82) is 0 Å². The highest BCUT2D eigenvalue weighted by Crippen LogP contribution is 2.00. The fraction of sp³-hybridized carbons (Fsp3) is 1.00. The molecule has 0 aromatic carbocycles. The van der Waals surface area contributed by atoms with Crippen LogP contribution in [0.2, 0.25) is 19.6 Å². The second kappa shape index (κ2) is 2.21. The van der Waals surface area contributed by atoms with E-state index >= 15 is 0 Å². The molecular formula is C4H12N2Si. The van der Waals surface area contributed by atoms with Crippen LogP contribution in [0, 0.1) is 0 Å². The second-order valence-corrected chi connectivity index (χ2v) is 7.01. The minimum Gasteiger partial charge on any atom is -0.239 e. The summed E-state index contributed by atoms with van der Waals surface area (Å²) < 4.78 is 4.02. The van der Waals surface area contributed by atoms with Crippen LogP contribution in [0.15, 0.2) is 9.89 Å². The van der Waals surface area contributed by atoms with E-state index in [-0.39, 0.29) is 0 Å². The van der Waals surface area contributed by atoms with E-state index in [2.05, 4.69) is 29.5 Å². The molecule has 3 heteroatoms. The molecule has 7 heavy (non-hydrogen) atoms. The number of hydrogen-bond donors (Lipinski definition) is 0. The van der Waals surface area contributed by atoms with Crippen LogP contribution in [-0.2, 0) is 0 Å². The zero-order valence-corrected chi connectivity index (χ0v) is 6.39. The second-order valence-electron chi connectivity index (χ2n) is 2.47. The molecule has 0 radical (unpaired) electrons. The van der Waals surface area contributed by atoms with Crippen molar-refractivity contribution in [3.63, 3.8) is 0 Å². The molecule has 0 aromatic heterocycles. The average molecular weight is 116 g/mol. The number of hydrogen-bond acceptors (Lipinski definition) is 2. The standard InChI is InChI=1S/C4H12N2Si/c1-5-6-7(2,3)4/h1-4H3. The molecule has 0 unspecified atom stereocenters. The molecule has 0 heterocycles. The predicted molar refractivity (Wildman–Crippen MR) is 34.1 cm³/mol. The van der Waals surface area contributed by atoms with Gasteiger partial charge in [-0.2, -0.15) is 0 Å². The van der Waals surface area contributed by atoms with Crippen LogP contribution >= 0.6 is 0 Å². The lowest BCUT2D eigenvalue weighted by atomic mass is 11.6. The first-order valence-corrected chi connectivity index (χ1v) is 5.82. The van der Waals surface area contributed by atoms with E-state index in [0.717, 1.165) is 0 Å². The Morgan fingerprint density at radius 2 is 1.57 bits per heavy atom. The van der Waals surface area contributed by atoms with Crippen molar-refractivity contribution < 1.29 is 0 Å². The molecule has 0 amide bonds. The topological polar surface area (TPSA) is 24.7 Å². The van der Waals surface area contributed by atoms with Crippen molar-refractivity contribution in [3.8, 4) is 0 Å². The van der Waals surface area contributed by atoms with E-state index < -0.39 is 8.24 Å². The van der Waals surface area contributed by atoms with Crippen LogP contribution in [0.3, 0.4) is 0 Å². The maximum Gasteiger partial charge on any atom is 0.200 e. The van der Waals surface area contributed by atoms with Crippen molar-refractivity contribution in [2.75, 3.05) is 7.05 Å². The van der Waals surface area contributed by atoms with Gasteiger partial charge in [0.05, 0.1) is 0 Å². The van der Waals surface area contributed by atoms with Gasteiger partial charge < -0.3 is 0 Å². The van der Waals surface area contributed by atoms with Gasteiger partial charge in [-0.25, -0.2) is 9.89 Å². The smallest absolute Gasteiger partial charge is 0.200 e. The molecule has 42 valence electrons. The summed E-state index contributed by atoms with van der Waals surface area (Å²) >= 11 is 0. The third-order valence-corrected chi connectivity index (χ3v) is 1.20. The molecule has 0 N–H and O–H groups in total. The van der Waals surface area contributed by atoms with Gasteiger partial charge >= 0.3 is 0 Å². The van der Waals surface area contributed by atoms with Gasteiger partial charge in [0.25, 0.3) is 0 Å². The van der Waals surface area contributed by atoms with Crippen molar-refractivity contribution in [3.05, 3.63) is 0 Å². The van der Waals surface area contributed by atoms with Gasteiger partial charge in [-0.3, -0.25) is 0 Å². The summed E-state index contributed by atoms with van der Waals surface area (Å²) in [5.74, 6) is 0. The lowest BCUT2D eigenvalue weighted by Crippen LogP contribution is -2.14. The molecular weight excluding hydrogens is 104 g/mol. The van der Waals surface area contributed by atoms with Gasteiger partial charge in [0.15, 0.2) is 8.24 Å². The molecule has 0 aromatic rings. The highest BCUT2D eigenvalue weighted by Gasteiger charge is 2.09. The van der Waals surface area contributed by atoms with Crippen LogP contribution in [0.5, 0.6) is 0 Å². The molecule has 0 fully saturated rings. The van der Waals surface area contributed by atoms with E-state index in [1.165, 1.54) is 0 Å². The molecule has 0 aliphatic carbocycles. The summed E-state index contributed by atoms with van der Waals surface area (Å²) in [6.07, 6.45) is 0. The van der Waals surface area contributed by atoms with Crippen LogP contribution in [0.1, 0.15) is 0 Å². The molecule has 0 saturated carbocycles. The maximum absolute atomic E-state index is 4.02. The Morgan fingerprint density at radius 3 is 1.57 bits per heavy atom. The van der Waals surface area contributed by atoms with Crippen molar-refractivity contribution in [1.82, 2.24) is 0 Å². The van der Waals surface area contributed by atoms with Crippen molar-refractivity contribution >= 4 is 8.24 Å². The van der Waals surface area contributed by atoms with Crippen LogP contribution in [0.25, 0.3) is 0 Å². The summed E-state index contributed by atoms with van der Waals surface area (Å²) in [6.45, 7) is 6.46. The van der Waals surface area contributed by atoms with Gasteiger partial charge in [0.2, 0.25) is 0 Å². The third-order valence-electron chi connectivity index (χ3n) is 0.400. The minimum absolute atomic E-state index is 1.20. The summed E-state index contributed by atoms with van der Waals surface area (Å²) in [4.78, 5) is 0. The van der Waals surface area contributed by atoms with Crippen LogP contribution < -0.4 is 0 Å². The number of nitrogens with zero attached hydrogens (tertiary/aromatic N) is 2. The first-order chi connectivity index (χ1) is 3.06. The van der Waals surface area contributed by atoms with E-state index in [4.69, 9.17) is 0 Å². The molecule has 2 nitrogen and oxygen atoms in total. The van der Waals surface area contributed by atoms with E-state index in [1.807, 2.05) is 0 Å². The Kier molecular flexibility index (Phi) is 2.15. The summed E-state index contributed by atoms with van der Waals surface area (Å²) in [6, 6.07) is 0. The Labute approximate surface area is 45.7 Å². The predicted octanol–water partition coefficient (Wildman–Crippen LogP) is 1.90. The highest BCUT2D eigenvalue weighted by molar-refractivity contribution is 6.74. The molecule has 0 aliphatic rings. The Bertz CT molecular complexity index is 72.2. The van der Waals surface area contributed by atoms with Crippen molar-refractivity contribution in [2.24, 2.45) is 9.89 Å². The van der Waals surface area contributed by atoms with Gasteiger partial charge in [-0.15, -0.1) is 0 Å². The number of rotatable bonds is 1. The highest BCUT2D eigenvalue weighted by atomic mass is 28.3. The molecule has 0 aliphatic heterocycles. The lowest BCUT2D eigenvalue weighted by molar-refractivity contribution is 1.19. The maximum atomic E-state index is 4.02. The largest absolute Gasteiger partial charge is 0.239 e. The molecule has 0 saturated heterocycles. The summed E-state index contributed by atoms with van der Waals surface area (Å²) in [7, 11) is 0.522. The monoisotopic (exact) mass is 116 g/mol. The third kappa shape index (κ3) is 5.82. The first-order valence-electron chi connectivity index (χ1n) is 2.37. The SMILES string of the molecule is CN=N[Si](C)(C)C. The first kappa shape index (κ1) is 6.82. The van der Waals surface area contributed by atoms with Gasteiger partial charge in [-0.05, 0) is 19.6 Å². The van der Waals surface area contributed by atoms with E-state index in [1.54, 1.807) is 7.05 Å². The van der Waals surface area contributed by atoms with E-state index in [0.29, 0.717) is 0 Å². The molecule has 0 rings (SSSR count). The van der Waals surface area contributed by atoms with Crippen LogP contribution in [-0.4, -0.2) is 15.3 Å². The Morgan fingerprint density at radius 1 is 1.14 bits per heavy atom. The fourth-order valence-corrected chi connectivity index (χ4v) is 0.900. The molecule has 0 atom stereocenters. The molecule has 0 bridgehead atoms. The van der Waals surface area contributed by atoms with Crippen LogP contribution in [0.4, 0.5) is 0 Å². The fourth-order valence-electron chi connectivity index (χ4n) is 0.300. The Balaban J connectivity index is 3.56. The zero-order valence-electron chi connectivity index (χ0n) is 5.39. The quantitative estimate of drug-likeness (QED) is 0.369. The lowest BCUT2D eigenvalue weighted by Gasteiger charge is -2.02. The normalized spacial score (nSPS) is 13.1. The van der Waals surface area contributed by atoms with E-state index in [9.17, 15) is 0 Å². The van der Waals surface area contributed by atoms with Gasteiger partial charge in [0.1, 0.15) is 0 Å². The molecule has 0 spiro atoms. The average Bonchev–Trinajstić information content (AvgIpc) is 1.30.